The number of nitrogens with one attached hydrogen (secondary N) is 1. The average Bonchev–Trinajstić information content (AvgIpc) is 2.84. The topological polar surface area (TPSA) is 72.5 Å². The van der Waals surface area contributed by atoms with Crippen molar-refractivity contribution in [2.24, 2.45) is 17.8 Å². The van der Waals surface area contributed by atoms with Crippen LogP contribution in [0.4, 0.5) is 0 Å². The highest BCUT2D eigenvalue weighted by Crippen LogP contribution is 2.42. The molecule has 3 atom stereocenters. The maximum atomic E-state index is 12.6. The number of amides is 1. The normalized spacial score (nSPS) is 26.1. The molecule has 134 valence electrons. The van der Waals surface area contributed by atoms with Crippen molar-refractivity contribution in [3.63, 3.8) is 0 Å². The fraction of sp³-hybridized carbons (Fsp3) is 0.550. The first-order valence-corrected chi connectivity index (χ1v) is 9.13. The molecule has 3 unspecified atom stereocenters. The van der Waals surface area contributed by atoms with Gasteiger partial charge in [0.25, 0.3) is 0 Å². The lowest BCUT2D eigenvalue weighted by Crippen LogP contribution is -2.40. The van der Waals surface area contributed by atoms with Gasteiger partial charge in [-0.1, -0.05) is 30.3 Å². The summed E-state index contributed by atoms with van der Waals surface area (Å²) in [6, 6.07) is 9.36. The van der Waals surface area contributed by atoms with Gasteiger partial charge in [0.2, 0.25) is 5.91 Å². The summed E-state index contributed by atoms with van der Waals surface area (Å²) in [4.78, 5) is 36.8. The summed E-state index contributed by atoms with van der Waals surface area (Å²) in [7, 11) is 0. The standard InChI is InChI=1S/C20H25NO4/c1-2-25-20(24)17(13-6-4-3-5-7-13)12-21-19(23)16-10-14-8-9-15(11-16)18(14)22/h3-7,14-17H,2,8-12H2,1H3,(H,21,23). The molecule has 0 radical (unpaired) electrons. The fourth-order valence-corrected chi connectivity index (χ4v) is 4.10. The van der Waals surface area contributed by atoms with E-state index in [9.17, 15) is 14.4 Å². The van der Waals surface area contributed by atoms with Gasteiger partial charge in [0, 0.05) is 24.3 Å². The molecule has 0 heterocycles. The quantitative estimate of drug-likeness (QED) is 0.805. The summed E-state index contributed by atoms with van der Waals surface area (Å²) in [6.07, 6.45) is 3.14. The summed E-state index contributed by atoms with van der Waals surface area (Å²) < 4.78 is 5.16. The first-order chi connectivity index (χ1) is 12.1. The number of ether oxygens (including phenoxy) is 1. The second-order valence-electron chi connectivity index (χ2n) is 7.00. The molecule has 1 amide bonds. The monoisotopic (exact) mass is 343 g/mol. The van der Waals surface area contributed by atoms with Crippen LogP contribution in [0, 0.1) is 17.8 Å². The number of Topliss-reactive ketones (excluding diaryl/α,β-unsaturated/α-hetero) is 1. The van der Waals surface area contributed by atoms with Gasteiger partial charge in [-0.2, -0.15) is 0 Å². The van der Waals surface area contributed by atoms with Gasteiger partial charge in [-0.05, 0) is 38.2 Å². The lowest BCUT2D eigenvalue weighted by molar-refractivity contribution is -0.145. The molecule has 25 heavy (non-hydrogen) atoms. The van der Waals surface area contributed by atoms with E-state index in [1.54, 1.807) is 6.92 Å². The predicted molar refractivity (Wildman–Crippen MR) is 92.8 cm³/mol. The van der Waals surface area contributed by atoms with Gasteiger partial charge in [-0.15, -0.1) is 0 Å². The highest BCUT2D eigenvalue weighted by molar-refractivity contribution is 5.89. The molecule has 5 nitrogen and oxygen atoms in total. The molecule has 2 saturated carbocycles. The van der Waals surface area contributed by atoms with E-state index in [0.29, 0.717) is 25.2 Å². The van der Waals surface area contributed by atoms with Crippen molar-refractivity contribution < 1.29 is 19.1 Å². The first-order valence-electron chi connectivity index (χ1n) is 9.13. The number of ketones is 1. The van der Waals surface area contributed by atoms with Gasteiger partial charge in [-0.25, -0.2) is 0 Å². The summed E-state index contributed by atoms with van der Waals surface area (Å²) >= 11 is 0. The van der Waals surface area contributed by atoms with Crippen molar-refractivity contribution in [1.82, 2.24) is 5.32 Å². The summed E-state index contributed by atoms with van der Waals surface area (Å²) in [5.74, 6) is -0.532. The van der Waals surface area contributed by atoms with E-state index < -0.39 is 5.92 Å². The molecular weight excluding hydrogens is 318 g/mol. The van der Waals surface area contributed by atoms with E-state index in [1.165, 1.54) is 0 Å². The molecule has 5 heteroatoms. The maximum absolute atomic E-state index is 12.6. The number of benzene rings is 1. The van der Waals surface area contributed by atoms with Crippen LogP contribution in [-0.2, 0) is 19.1 Å². The largest absolute Gasteiger partial charge is 0.465 e. The Bertz CT molecular complexity index is 626. The van der Waals surface area contributed by atoms with Gasteiger partial charge in [0.15, 0.2) is 0 Å². The van der Waals surface area contributed by atoms with Crippen LogP contribution in [0.15, 0.2) is 30.3 Å². The molecule has 0 saturated heterocycles. The first kappa shape index (κ1) is 17.6. The van der Waals surface area contributed by atoms with Crippen molar-refractivity contribution in [3.8, 4) is 0 Å². The minimum Gasteiger partial charge on any atom is -0.465 e. The second kappa shape index (κ2) is 7.81. The molecule has 2 aliphatic rings. The molecule has 1 aromatic rings. The summed E-state index contributed by atoms with van der Waals surface area (Å²) in [6.45, 7) is 2.30. The molecule has 0 aliphatic heterocycles. The Labute approximate surface area is 148 Å². The van der Waals surface area contributed by atoms with E-state index >= 15 is 0 Å². The Morgan fingerprint density at radius 1 is 1.16 bits per heavy atom. The fourth-order valence-electron chi connectivity index (χ4n) is 4.10. The van der Waals surface area contributed by atoms with E-state index in [0.717, 1.165) is 18.4 Å². The van der Waals surface area contributed by atoms with Crippen LogP contribution in [0.25, 0.3) is 0 Å². The zero-order valence-corrected chi connectivity index (χ0v) is 14.6. The number of hydrogen-bond acceptors (Lipinski definition) is 4. The van der Waals surface area contributed by atoms with Crippen LogP contribution in [0.3, 0.4) is 0 Å². The molecule has 2 fully saturated rings. The highest BCUT2D eigenvalue weighted by atomic mass is 16.5. The second-order valence-corrected chi connectivity index (χ2v) is 7.00. The van der Waals surface area contributed by atoms with Crippen molar-refractivity contribution in [3.05, 3.63) is 35.9 Å². The SMILES string of the molecule is CCOC(=O)C(CNC(=O)C1CC2CCC(C1)C2=O)c1ccccc1. The third-order valence-corrected chi connectivity index (χ3v) is 5.43. The van der Waals surface area contributed by atoms with Crippen LogP contribution in [0.2, 0.25) is 0 Å². The molecule has 2 aliphatic carbocycles. The van der Waals surface area contributed by atoms with Crippen molar-refractivity contribution >= 4 is 17.7 Å². The van der Waals surface area contributed by atoms with E-state index in [1.807, 2.05) is 30.3 Å². The number of carbonyl (C=O) groups excluding carboxylic acids is 3. The third-order valence-electron chi connectivity index (χ3n) is 5.43. The zero-order valence-electron chi connectivity index (χ0n) is 14.6. The average molecular weight is 343 g/mol. The van der Waals surface area contributed by atoms with Gasteiger partial charge >= 0.3 is 5.97 Å². The number of rotatable bonds is 6. The lowest BCUT2D eigenvalue weighted by Gasteiger charge is -2.26. The Morgan fingerprint density at radius 3 is 2.40 bits per heavy atom. The van der Waals surface area contributed by atoms with Crippen molar-refractivity contribution in [1.29, 1.82) is 0 Å². The van der Waals surface area contributed by atoms with Gasteiger partial charge in [0.1, 0.15) is 5.78 Å². The minimum absolute atomic E-state index is 0.0466. The Morgan fingerprint density at radius 2 is 1.80 bits per heavy atom. The molecule has 3 rings (SSSR count). The number of carbonyl (C=O) groups is 3. The maximum Gasteiger partial charge on any atom is 0.315 e. The van der Waals surface area contributed by atoms with Crippen LogP contribution in [0.5, 0.6) is 0 Å². The van der Waals surface area contributed by atoms with Crippen LogP contribution < -0.4 is 5.32 Å². The summed E-state index contributed by atoms with van der Waals surface area (Å²) in [5.41, 5.74) is 0.833. The van der Waals surface area contributed by atoms with Gasteiger partial charge in [-0.3, -0.25) is 14.4 Å². The van der Waals surface area contributed by atoms with Crippen molar-refractivity contribution in [2.45, 2.75) is 38.5 Å². The zero-order chi connectivity index (χ0) is 17.8. The van der Waals surface area contributed by atoms with E-state index in [2.05, 4.69) is 5.32 Å². The Hall–Kier alpha value is -2.17. The molecule has 0 aromatic heterocycles. The van der Waals surface area contributed by atoms with Crippen LogP contribution >= 0.6 is 0 Å². The van der Waals surface area contributed by atoms with E-state index in [4.69, 9.17) is 4.74 Å². The van der Waals surface area contributed by atoms with Crippen LogP contribution in [-0.4, -0.2) is 30.8 Å². The van der Waals surface area contributed by atoms with Crippen molar-refractivity contribution in [2.75, 3.05) is 13.2 Å². The Balaban J connectivity index is 1.62. The molecule has 2 bridgehead atoms. The molecule has 1 N–H and O–H groups in total. The van der Waals surface area contributed by atoms with Crippen LogP contribution in [0.1, 0.15) is 44.1 Å². The smallest absolute Gasteiger partial charge is 0.315 e. The predicted octanol–water partition coefficient (Wildman–Crippen LogP) is 2.45. The highest BCUT2D eigenvalue weighted by Gasteiger charge is 2.43. The van der Waals surface area contributed by atoms with E-state index in [-0.39, 0.29) is 36.2 Å². The molecule has 0 spiro atoms. The minimum atomic E-state index is -0.507. The molecular formula is C20H25NO4. The van der Waals surface area contributed by atoms with Gasteiger partial charge < -0.3 is 10.1 Å². The Kier molecular flexibility index (Phi) is 5.51. The number of hydrogen-bond donors (Lipinski definition) is 1. The van der Waals surface area contributed by atoms with Gasteiger partial charge in [0.05, 0.1) is 12.5 Å². The molecule has 1 aromatic carbocycles. The third kappa shape index (κ3) is 3.91. The summed E-state index contributed by atoms with van der Waals surface area (Å²) in [5, 5.41) is 2.92. The number of esters is 1. The lowest BCUT2D eigenvalue weighted by atomic mass is 9.79. The number of fused-ring (bicyclic) bond motifs is 2.